The number of rotatable bonds is 1. The minimum atomic E-state index is -0.160. The van der Waals surface area contributed by atoms with Crippen molar-refractivity contribution in [2.75, 3.05) is 31.1 Å². The summed E-state index contributed by atoms with van der Waals surface area (Å²) in [4.78, 5) is 29.7. The van der Waals surface area contributed by atoms with Gasteiger partial charge in [-0.3, -0.25) is 9.69 Å². The first kappa shape index (κ1) is 14.9. The highest BCUT2D eigenvalue weighted by Gasteiger charge is 2.26. The Morgan fingerprint density at radius 3 is 2.41 bits per heavy atom. The van der Waals surface area contributed by atoms with Crippen LogP contribution in [0.2, 0.25) is 0 Å². The lowest BCUT2D eigenvalue weighted by molar-refractivity contribution is 0.128. The third kappa shape index (κ3) is 2.68. The Labute approximate surface area is 129 Å². The molecule has 3 rings (SSSR count). The first-order chi connectivity index (χ1) is 10.4. The van der Waals surface area contributed by atoms with E-state index in [1.165, 1.54) is 10.9 Å². The van der Waals surface area contributed by atoms with Crippen LogP contribution < -0.4 is 10.5 Å². The second-order valence-corrected chi connectivity index (χ2v) is 6.71. The molecule has 118 valence electrons. The lowest BCUT2D eigenvalue weighted by Gasteiger charge is -2.42. The van der Waals surface area contributed by atoms with Gasteiger partial charge in [0.25, 0.3) is 5.56 Å². The van der Waals surface area contributed by atoms with Crippen molar-refractivity contribution in [2.45, 2.75) is 26.3 Å². The average Bonchev–Trinajstić information content (AvgIpc) is 2.50. The van der Waals surface area contributed by atoms with Gasteiger partial charge in [-0.1, -0.05) is 0 Å². The predicted molar refractivity (Wildman–Crippen MR) is 86.1 cm³/mol. The monoisotopic (exact) mass is 302 g/mol. The van der Waals surface area contributed by atoms with Crippen LogP contribution in [-0.4, -0.2) is 56.1 Å². The summed E-state index contributed by atoms with van der Waals surface area (Å²) in [5, 5.41) is 0. The van der Waals surface area contributed by atoms with Crippen molar-refractivity contribution in [1.82, 2.24) is 24.4 Å². The number of piperazine rings is 1. The molecule has 0 aromatic carbocycles. The SMILES string of the molecule is Cn1cnc2ncc(N3CCN(C(C)(C)C)CC3)nc2c1=O. The van der Waals surface area contributed by atoms with Crippen molar-refractivity contribution >= 4 is 17.0 Å². The van der Waals surface area contributed by atoms with Gasteiger partial charge in [-0.05, 0) is 20.8 Å². The van der Waals surface area contributed by atoms with Crippen LogP contribution in [0, 0.1) is 0 Å². The molecule has 0 N–H and O–H groups in total. The maximum absolute atomic E-state index is 12.1. The Bertz CT molecular complexity index is 740. The van der Waals surface area contributed by atoms with Gasteiger partial charge in [-0.15, -0.1) is 0 Å². The van der Waals surface area contributed by atoms with Crippen LogP contribution in [0.25, 0.3) is 11.2 Å². The molecule has 0 bridgehead atoms. The van der Waals surface area contributed by atoms with Crippen LogP contribution in [0.15, 0.2) is 17.3 Å². The highest BCUT2D eigenvalue weighted by atomic mass is 16.1. The molecule has 0 saturated carbocycles. The van der Waals surface area contributed by atoms with E-state index < -0.39 is 0 Å². The summed E-state index contributed by atoms with van der Waals surface area (Å²) < 4.78 is 1.43. The molecule has 0 aliphatic carbocycles. The zero-order valence-corrected chi connectivity index (χ0v) is 13.6. The summed E-state index contributed by atoms with van der Waals surface area (Å²) in [7, 11) is 1.67. The van der Waals surface area contributed by atoms with Crippen molar-refractivity contribution in [3.8, 4) is 0 Å². The molecule has 2 aromatic rings. The number of fused-ring (bicyclic) bond motifs is 1. The van der Waals surface area contributed by atoms with Gasteiger partial charge in [0.2, 0.25) is 0 Å². The minimum absolute atomic E-state index is 0.160. The van der Waals surface area contributed by atoms with E-state index >= 15 is 0 Å². The minimum Gasteiger partial charge on any atom is -0.353 e. The van der Waals surface area contributed by atoms with E-state index in [0.717, 1.165) is 32.0 Å². The lowest BCUT2D eigenvalue weighted by atomic mass is 10.1. The van der Waals surface area contributed by atoms with Crippen LogP contribution in [0.5, 0.6) is 0 Å². The Hall–Kier alpha value is -2.02. The Kier molecular flexibility index (Phi) is 3.60. The smallest absolute Gasteiger partial charge is 0.281 e. The lowest BCUT2D eigenvalue weighted by Crippen LogP contribution is -2.53. The summed E-state index contributed by atoms with van der Waals surface area (Å²) in [6.07, 6.45) is 3.18. The van der Waals surface area contributed by atoms with E-state index in [1.807, 2.05) is 0 Å². The van der Waals surface area contributed by atoms with E-state index in [4.69, 9.17) is 0 Å². The zero-order valence-electron chi connectivity index (χ0n) is 13.6. The van der Waals surface area contributed by atoms with Crippen molar-refractivity contribution in [3.63, 3.8) is 0 Å². The Balaban J connectivity index is 1.86. The maximum atomic E-state index is 12.1. The summed E-state index contributed by atoms with van der Waals surface area (Å²) in [6, 6.07) is 0. The zero-order chi connectivity index (χ0) is 15.9. The van der Waals surface area contributed by atoms with Crippen molar-refractivity contribution < 1.29 is 0 Å². The first-order valence-electron chi connectivity index (χ1n) is 7.54. The molecular formula is C15H22N6O. The Morgan fingerprint density at radius 2 is 1.77 bits per heavy atom. The second-order valence-electron chi connectivity index (χ2n) is 6.71. The van der Waals surface area contributed by atoms with Crippen molar-refractivity contribution in [2.24, 2.45) is 7.05 Å². The van der Waals surface area contributed by atoms with Crippen LogP contribution in [0.1, 0.15) is 20.8 Å². The molecule has 1 aliphatic heterocycles. The number of hydrogen-bond acceptors (Lipinski definition) is 6. The number of nitrogens with zero attached hydrogens (tertiary/aromatic N) is 6. The van der Waals surface area contributed by atoms with Crippen LogP contribution >= 0.6 is 0 Å². The van der Waals surface area contributed by atoms with Gasteiger partial charge in [0.1, 0.15) is 5.82 Å². The second kappa shape index (κ2) is 5.31. The van der Waals surface area contributed by atoms with Crippen molar-refractivity contribution in [1.29, 1.82) is 0 Å². The maximum Gasteiger partial charge on any atom is 0.281 e. The molecule has 1 saturated heterocycles. The molecule has 0 spiro atoms. The van der Waals surface area contributed by atoms with Crippen LogP contribution in [0.3, 0.4) is 0 Å². The molecule has 1 fully saturated rings. The van der Waals surface area contributed by atoms with Gasteiger partial charge < -0.3 is 9.47 Å². The summed E-state index contributed by atoms with van der Waals surface area (Å²) in [6.45, 7) is 10.4. The number of aromatic nitrogens is 4. The first-order valence-corrected chi connectivity index (χ1v) is 7.54. The number of anilines is 1. The van der Waals surface area contributed by atoms with E-state index in [9.17, 15) is 4.79 Å². The third-order valence-electron chi connectivity index (χ3n) is 4.17. The largest absolute Gasteiger partial charge is 0.353 e. The van der Waals surface area contributed by atoms with Gasteiger partial charge in [0.05, 0.1) is 12.5 Å². The quantitative estimate of drug-likeness (QED) is 0.770. The molecule has 22 heavy (non-hydrogen) atoms. The third-order valence-corrected chi connectivity index (χ3v) is 4.17. The average molecular weight is 302 g/mol. The summed E-state index contributed by atoms with van der Waals surface area (Å²) in [5.41, 5.74) is 0.759. The molecule has 7 nitrogen and oxygen atoms in total. The van der Waals surface area contributed by atoms with Crippen LogP contribution in [0.4, 0.5) is 5.82 Å². The number of aryl methyl sites for hydroxylation is 1. The van der Waals surface area contributed by atoms with Gasteiger partial charge in [-0.25, -0.2) is 15.0 Å². The molecule has 1 aliphatic rings. The fraction of sp³-hybridized carbons (Fsp3) is 0.600. The molecule has 0 amide bonds. The molecule has 0 unspecified atom stereocenters. The Morgan fingerprint density at radius 1 is 1.09 bits per heavy atom. The fourth-order valence-corrected chi connectivity index (χ4v) is 2.73. The highest BCUT2D eigenvalue weighted by Crippen LogP contribution is 2.19. The number of hydrogen-bond donors (Lipinski definition) is 0. The van der Waals surface area contributed by atoms with Gasteiger partial charge >= 0.3 is 0 Å². The molecule has 0 atom stereocenters. The van der Waals surface area contributed by atoms with Gasteiger partial charge in [0.15, 0.2) is 11.2 Å². The van der Waals surface area contributed by atoms with E-state index in [1.54, 1.807) is 13.2 Å². The van der Waals surface area contributed by atoms with Crippen LogP contribution in [-0.2, 0) is 7.05 Å². The summed E-state index contributed by atoms with van der Waals surface area (Å²) in [5.74, 6) is 0.756. The summed E-state index contributed by atoms with van der Waals surface area (Å²) >= 11 is 0. The topological polar surface area (TPSA) is 67.2 Å². The molecule has 3 heterocycles. The van der Waals surface area contributed by atoms with E-state index in [0.29, 0.717) is 11.2 Å². The highest BCUT2D eigenvalue weighted by molar-refractivity contribution is 5.69. The predicted octanol–water partition coefficient (Wildman–Crippen LogP) is 0.644. The normalized spacial score (nSPS) is 17.2. The van der Waals surface area contributed by atoms with E-state index in [2.05, 4.69) is 45.5 Å². The molecular weight excluding hydrogens is 280 g/mol. The molecule has 2 aromatic heterocycles. The van der Waals surface area contributed by atoms with Gasteiger partial charge in [-0.2, -0.15) is 0 Å². The van der Waals surface area contributed by atoms with Crippen molar-refractivity contribution in [3.05, 3.63) is 22.9 Å². The van der Waals surface area contributed by atoms with Gasteiger partial charge in [0, 0.05) is 38.8 Å². The molecule has 0 radical (unpaired) electrons. The standard InChI is InChI=1S/C15H22N6O/c1-15(2,3)21-7-5-20(6-8-21)11-9-16-13-12(18-11)14(22)19(4)10-17-13/h9-10H,5-8H2,1-4H3. The molecule has 7 heteroatoms. The van der Waals surface area contributed by atoms with E-state index in [-0.39, 0.29) is 11.1 Å². The fourth-order valence-electron chi connectivity index (χ4n) is 2.73.